The molecule has 0 aromatic rings. The van der Waals surface area contributed by atoms with Crippen LogP contribution in [0.2, 0.25) is 0 Å². The fraction of sp³-hybridized carbons (Fsp3) is 1.00. The van der Waals surface area contributed by atoms with E-state index in [1.807, 2.05) is 0 Å². The third-order valence-electron chi connectivity index (χ3n) is 1.69. The molecule has 1 aliphatic rings. The van der Waals surface area contributed by atoms with Crippen molar-refractivity contribution in [3.05, 3.63) is 0 Å². The molecular weight excluding hydrogens is 136 g/mol. The zero-order chi connectivity index (χ0) is 7.72. The summed E-state index contributed by atoms with van der Waals surface area (Å²) in [5.74, 6) is 0. The van der Waals surface area contributed by atoms with Crippen LogP contribution >= 0.6 is 0 Å². The van der Waals surface area contributed by atoms with Gasteiger partial charge in [-0.2, -0.15) is 0 Å². The molecule has 0 radical (unpaired) electrons. The van der Waals surface area contributed by atoms with Crippen LogP contribution in [-0.2, 0) is 4.74 Å². The van der Waals surface area contributed by atoms with Crippen LogP contribution in [0.1, 0.15) is 13.3 Å². The Morgan fingerprint density at radius 2 is 1.90 bits per heavy atom. The van der Waals surface area contributed by atoms with E-state index in [0.29, 0.717) is 0 Å². The second-order valence-corrected chi connectivity index (χ2v) is 2.59. The van der Waals surface area contributed by atoms with Crippen LogP contribution in [0, 0.1) is 0 Å². The molecule has 10 heavy (non-hydrogen) atoms. The topological polar surface area (TPSA) is 69.9 Å². The Bertz CT molecular complexity index is 104. The highest BCUT2D eigenvalue weighted by molar-refractivity contribution is 4.78. The first-order valence-electron chi connectivity index (χ1n) is 3.31. The Morgan fingerprint density at radius 1 is 1.30 bits per heavy atom. The Balaban J connectivity index is 2.49. The average molecular weight is 148 g/mol. The van der Waals surface area contributed by atoms with E-state index in [1.165, 1.54) is 0 Å². The van der Waals surface area contributed by atoms with Gasteiger partial charge in [-0.3, -0.25) is 0 Å². The van der Waals surface area contributed by atoms with Crippen molar-refractivity contribution in [2.45, 2.75) is 37.9 Å². The van der Waals surface area contributed by atoms with Gasteiger partial charge in [0, 0.05) is 6.42 Å². The van der Waals surface area contributed by atoms with E-state index in [0.717, 1.165) is 0 Å². The smallest absolute Gasteiger partial charge is 0.157 e. The Labute approximate surface area is 59.1 Å². The summed E-state index contributed by atoms with van der Waals surface area (Å²) in [6.07, 6.45) is -3.07. The van der Waals surface area contributed by atoms with Gasteiger partial charge in [-0.25, -0.2) is 0 Å². The van der Waals surface area contributed by atoms with Crippen molar-refractivity contribution in [1.82, 2.24) is 0 Å². The summed E-state index contributed by atoms with van der Waals surface area (Å²) in [5, 5.41) is 27.0. The highest BCUT2D eigenvalue weighted by Crippen LogP contribution is 2.17. The number of aliphatic hydroxyl groups is 3. The molecule has 0 aromatic carbocycles. The lowest BCUT2D eigenvalue weighted by atomic mass is 10.0. The summed E-state index contributed by atoms with van der Waals surface area (Å²) in [5.41, 5.74) is 0. The third kappa shape index (κ3) is 1.46. The predicted octanol–water partition coefficient (Wildman–Crippen LogP) is -1.16. The summed E-state index contributed by atoms with van der Waals surface area (Å²) >= 11 is 0. The molecular formula is C6H12O4. The highest BCUT2D eigenvalue weighted by atomic mass is 16.6. The van der Waals surface area contributed by atoms with E-state index >= 15 is 0 Å². The van der Waals surface area contributed by atoms with Crippen LogP contribution in [0.4, 0.5) is 0 Å². The monoisotopic (exact) mass is 148 g/mol. The summed E-state index contributed by atoms with van der Waals surface area (Å²) < 4.78 is 4.81. The van der Waals surface area contributed by atoms with Gasteiger partial charge in [-0.15, -0.1) is 0 Å². The molecule has 0 aromatic heterocycles. The van der Waals surface area contributed by atoms with Crippen LogP contribution in [0.25, 0.3) is 0 Å². The number of hydrogen-bond acceptors (Lipinski definition) is 4. The first kappa shape index (κ1) is 7.94. The molecule has 0 bridgehead atoms. The molecule has 1 rings (SSSR count). The van der Waals surface area contributed by atoms with E-state index in [1.54, 1.807) is 6.92 Å². The zero-order valence-electron chi connectivity index (χ0n) is 5.77. The van der Waals surface area contributed by atoms with Gasteiger partial charge in [0.1, 0.15) is 6.10 Å². The average Bonchev–Trinajstić information content (AvgIpc) is 1.82. The molecule has 3 N–H and O–H groups in total. The molecule has 0 aliphatic carbocycles. The molecule has 1 saturated heterocycles. The van der Waals surface area contributed by atoms with E-state index < -0.39 is 24.6 Å². The Hall–Kier alpha value is -0.160. The SMILES string of the molecule is C[C@@H]1OC(O)C[C@H](O)[C@@H]1O. The van der Waals surface area contributed by atoms with Gasteiger partial charge in [-0.05, 0) is 6.92 Å². The standard InChI is InChI=1S/C6H12O4/c1-3-6(9)4(7)2-5(8)10-3/h3-9H,2H2,1H3/t3-,4-,5?,6+/m0/s1. The Kier molecular flexibility index (Phi) is 2.25. The quantitative estimate of drug-likeness (QED) is 0.405. The van der Waals surface area contributed by atoms with E-state index in [9.17, 15) is 0 Å². The summed E-state index contributed by atoms with van der Waals surface area (Å²) in [6, 6.07) is 0. The number of rotatable bonds is 0. The lowest BCUT2D eigenvalue weighted by Crippen LogP contribution is -2.46. The van der Waals surface area contributed by atoms with Gasteiger partial charge >= 0.3 is 0 Å². The molecule has 0 saturated carbocycles. The fourth-order valence-electron chi connectivity index (χ4n) is 1.04. The van der Waals surface area contributed by atoms with E-state index in [2.05, 4.69) is 0 Å². The lowest BCUT2D eigenvalue weighted by molar-refractivity contribution is -0.226. The molecule has 0 spiro atoms. The van der Waals surface area contributed by atoms with Crippen molar-refractivity contribution < 1.29 is 20.1 Å². The van der Waals surface area contributed by atoms with E-state index in [4.69, 9.17) is 20.1 Å². The van der Waals surface area contributed by atoms with Crippen molar-refractivity contribution >= 4 is 0 Å². The zero-order valence-corrected chi connectivity index (χ0v) is 5.77. The molecule has 1 unspecified atom stereocenters. The summed E-state index contributed by atoms with van der Waals surface area (Å²) in [7, 11) is 0. The third-order valence-corrected chi connectivity index (χ3v) is 1.69. The second-order valence-electron chi connectivity index (χ2n) is 2.59. The fourth-order valence-corrected chi connectivity index (χ4v) is 1.04. The molecule has 1 aliphatic heterocycles. The predicted molar refractivity (Wildman–Crippen MR) is 33.2 cm³/mol. The largest absolute Gasteiger partial charge is 0.390 e. The van der Waals surface area contributed by atoms with E-state index in [-0.39, 0.29) is 6.42 Å². The highest BCUT2D eigenvalue weighted by Gasteiger charge is 2.32. The lowest BCUT2D eigenvalue weighted by Gasteiger charge is -2.32. The first-order chi connectivity index (χ1) is 4.61. The molecule has 1 fully saturated rings. The molecule has 4 nitrogen and oxygen atoms in total. The van der Waals surface area contributed by atoms with Gasteiger partial charge in [0.05, 0.1) is 12.2 Å². The number of ether oxygens (including phenoxy) is 1. The molecule has 0 amide bonds. The van der Waals surface area contributed by atoms with Crippen LogP contribution in [0.5, 0.6) is 0 Å². The Morgan fingerprint density at radius 3 is 2.40 bits per heavy atom. The number of aliphatic hydroxyl groups excluding tert-OH is 3. The molecule has 60 valence electrons. The molecule has 1 heterocycles. The van der Waals surface area contributed by atoms with Crippen LogP contribution in [0.15, 0.2) is 0 Å². The maximum Gasteiger partial charge on any atom is 0.157 e. The second kappa shape index (κ2) is 2.84. The normalized spacial score (nSPS) is 49.2. The van der Waals surface area contributed by atoms with Crippen molar-refractivity contribution in [2.24, 2.45) is 0 Å². The van der Waals surface area contributed by atoms with Crippen LogP contribution < -0.4 is 0 Å². The van der Waals surface area contributed by atoms with Crippen molar-refractivity contribution in [1.29, 1.82) is 0 Å². The van der Waals surface area contributed by atoms with Crippen LogP contribution in [-0.4, -0.2) is 39.9 Å². The maximum absolute atomic E-state index is 9.08. The summed E-state index contributed by atoms with van der Waals surface area (Å²) in [6.45, 7) is 1.61. The van der Waals surface area contributed by atoms with Gasteiger partial charge in [0.25, 0.3) is 0 Å². The minimum absolute atomic E-state index is 0.0888. The van der Waals surface area contributed by atoms with Crippen molar-refractivity contribution in [3.63, 3.8) is 0 Å². The summed E-state index contributed by atoms with van der Waals surface area (Å²) in [4.78, 5) is 0. The van der Waals surface area contributed by atoms with Crippen molar-refractivity contribution in [2.75, 3.05) is 0 Å². The van der Waals surface area contributed by atoms with Crippen LogP contribution in [0.3, 0.4) is 0 Å². The van der Waals surface area contributed by atoms with Gasteiger partial charge in [-0.1, -0.05) is 0 Å². The van der Waals surface area contributed by atoms with Gasteiger partial charge in [0.15, 0.2) is 6.29 Å². The first-order valence-corrected chi connectivity index (χ1v) is 3.31. The number of hydrogen-bond donors (Lipinski definition) is 3. The van der Waals surface area contributed by atoms with Crippen molar-refractivity contribution in [3.8, 4) is 0 Å². The molecule has 4 atom stereocenters. The minimum Gasteiger partial charge on any atom is -0.390 e. The molecule has 4 heteroatoms. The minimum atomic E-state index is -0.937. The maximum atomic E-state index is 9.08. The van der Waals surface area contributed by atoms with Gasteiger partial charge in [0.2, 0.25) is 0 Å². The van der Waals surface area contributed by atoms with Gasteiger partial charge < -0.3 is 20.1 Å².